The van der Waals surface area contributed by atoms with Gasteiger partial charge in [-0.1, -0.05) is 12.1 Å². The summed E-state index contributed by atoms with van der Waals surface area (Å²) in [6.45, 7) is 2.03. The summed E-state index contributed by atoms with van der Waals surface area (Å²) in [4.78, 5) is 11.9. The van der Waals surface area contributed by atoms with Gasteiger partial charge in [0.15, 0.2) is 0 Å². The predicted octanol–water partition coefficient (Wildman–Crippen LogP) is 1.81. The number of hydrazine groups is 1. The fourth-order valence-corrected chi connectivity index (χ4v) is 2.39. The molecule has 2 rings (SSSR count). The number of amides is 1. The van der Waals surface area contributed by atoms with Crippen molar-refractivity contribution in [2.75, 3.05) is 0 Å². The molecule has 0 bridgehead atoms. The maximum absolute atomic E-state index is 11.2. The Morgan fingerprint density at radius 2 is 2.21 bits per heavy atom. The van der Waals surface area contributed by atoms with Gasteiger partial charge < -0.3 is 0 Å². The second-order valence-corrected chi connectivity index (χ2v) is 4.21. The Morgan fingerprint density at radius 3 is 2.93 bits per heavy atom. The topological polar surface area (TPSA) is 55.1 Å². The highest BCUT2D eigenvalue weighted by Crippen LogP contribution is 2.26. The zero-order valence-corrected chi connectivity index (χ0v) is 8.52. The van der Waals surface area contributed by atoms with Crippen molar-refractivity contribution in [3.8, 4) is 0 Å². The molecular formula is C10H10N2OS. The first-order valence-corrected chi connectivity index (χ1v) is 5.03. The molecular weight excluding hydrogens is 196 g/mol. The van der Waals surface area contributed by atoms with E-state index in [4.69, 9.17) is 5.84 Å². The van der Waals surface area contributed by atoms with Crippen molar-refractivity contribution in [3.05, 3.63) is 34.7 Å². The third kappa shape index (κ3) is 1.49. The van der Waals surface area contributed by atoms with Crippen molar-refractivity contribution >= 4 is 27.3 Å². The average molecular weight is 206 g/mol. The molecule has 2 aromatic rings. The Morgan fingerprint density at radius 1 is 1.43 bits per heavy atom. The number of aryl methyl sites for hydroxylation is 1. The Balaban J connectivity index is 2.56. The molecule has 1 heterocycles. The summed E-state index contributed by atoms with van der Waals surface area (Å²) in [5, 5.41) is 1.08. The normalized spacial score (nSPS) is 10.4. The zero-order valence-electron chi connectivity index (χ0n) is 7.70. The molecule has 1 amide bonds. The summed E-state index contributed by atoms with van der Waals surface area (Å²) < 4.78 is 1.11. The Bertz CT molecular complexity index is 490. The van der Waals surface area contributed by atoms with E-state index in [0.717, 1.165) is 10.1 Å². The van der Waals surface area contributed by atoms with Crippen molar-refractivity contribution in [1.29, 1.82) is 0 Å². The molecule has 0 aliphatic carbocycles. The molecule has 0 aliphatic heterocycles. The summed E-state index contributed by atoms with van der Waals surface area (Å²) in [7, 11) is 0. The lowest BCUT2D eigenvalue weighted by atomic mass is 10.2. The summed E-state index contributed by atoms with van der Waals surface area (Å²) >= 11 is 1.45. The van der Waals surface area contributed by atoms with Gasteiger partial charge >= 0.3 is 0 Å². The molecule has 0 radical (unpaired) electrons. The number of nitrogen functional groups attached to an aromatic ring is 1. The van der Waals surface area contributed by atoms with Gasteiger partial charge in [0.2, 0.25) is 0 Å². The van der Waals surface area contributed by atoms with E-state index in [-0.39, 0.29) is 5.91 Å². The lowest BCUT2D eigenvalue weighted by Gasteiger charge is -1.91. The van der Waals surface area contributed by atoms with Crippen LogP contribution >= 0.6 is 11.3 Å². The number of rotatable bonds is 1. The van der Waals surface area contributed by atoms with Crippen LogP contribution in [-0.2, 0) is 0 Å². The smallest absolute Gasteiger partial charge is 0.275 e. The number of hydrogen-bond acceptors (Lipinski definition) is 3. The monoisotopic (exact) mass is 206 g/mol. The van der Waals surface area contributed by atoms with Gasteiger partial charge in [-0.25, -0.2) is 5.84 Å². The molecule has 0 spiro atoms. The Hall–Kier alpha value is -1.39. The minimum Gasteiger partial charge on any atom is -0.289 e. The first kappa shape index (κ1) is 9.18. The minimum absolute atomic E-state index is 0.233. The van der Waals surface area contributed by atoms with Crippen LogP contribution < -0.4 is 11.3 Å². The van der Waals surface area contributed by atoms with Crippen LogP contribution in [0.25, 0.3) is 10.1 Å². The molecule has 3 nitrogen and oxygen atoms in total. The van der Waals surface area contributed by atoms with Crippen LogP contribution in [0.2, 0.25) is 0 Å². The fourth-order valence-electron chi connectivity index (χ4n) is 1.32. The molecule has 72 valence electrons. The number of carbonyl (C=O) groups excluding carboxylic acids is 1. The van der Waals surface area contributed by atoms with Gasteiger partial charge in [-0.2, -0.15) is 0 Å². The maximum atomic E-state index is 11.2. The first-order valence-electron chi connectivity index (χ1n) is 4.22. The molecule has 0 atom stereocenters. The average Bonchev–Trinajstić information content (AvgIpc) is 2.59. The molecule has 0 saturated heterocycles. The maximum Gasteiger partial charge on any atom is 0.275 e. The zero-order chi connectivity index (χ0) is 10.1. The SMILES string of the molecule is Cc1ccc2cc(C(=O)NN)sc2c1. The van der Waals surface area contributed by atoms with Crippen LogP contribution in [0.15, 0.2) is 24.3 Å². The third-order valence-electron chi connectivity index (χ3n) is 2.03. The fraction of sp³-hybridized carbons (Fsp3) is 0.100. The number of hydrogen-bond donors (Lipinski definition) is 2. The van der Waals surface area contributed by atoms with Crippen LogP contribution in [0.3, 0.4) is 0 Å². The largest absolute Gasteiger partial charge is 0.289 e. The highest BCUT2D eigenvalue weighted by molar-refractivity contribution is 7.20. The van der Waals surface area contributed by atoms with Crippen LogP contribution in [0.1, 0.15) is 15.2 Å². The number of nitrogens with two attached hydrogens (primary N) is 1. The van der Waals surface area contributed by atoms with Gasteiger partial charge in [0.05, 0.1) is 4.88 Å². The van der Waals surface area contributed by atoms with Crippen molar-refractivity contribution in [2.24, 2.45) is 5.84 Å². The standard InChI is InChI=1S/C10H10N2OS/c1-6-2-3-7-5-9(10(13)12-11)14-8(7)4-6/h2-5H,11H2,1H3,(H,12,13). The summed E-state index contributed by atoms with van der Waals surface area (Å²) in [6, 6.07) is 7.95. The van der Waals surface area contributed by atoms with E-state index in [1.807, 2.05) is 25.1 Å². The summed E-state index contributed by atoms with van der Waals surface area (Å²) in [5.41, 5.74) is 3.32. The molecule has 0 fully saturated rings. The molecule has 0 aliphatic rings. The molecule has 3 N–H and O–H groups in total. The highest BCUT2D eigenvalue weighted by atomic mass is 32.1. The number of fused-ring (bicyclic) bond motifs is 1. The molecule has 4 heteroatoms. The quantitative estimate of drug-likeness (QED) is 0.425. The van der Waals surface area contributed by atoms with Gasteiger partial charge in [0.1, 0.15) is 0 Å². The summed E-state index contributed by atoms with van der Waals surface area (Å²) in [5.74, 6) is 4.83. The van der Waals surface area contributed by atoms with E-state index in [9.17, 15) is 4.79 Å². The van der Waals surface area contributed by atoms with Crippen LogP contribution in [0, 0.1) is 6.92 Å². The second-order valence-electron chi connectivity index (χ2n) is 3.13. The van der Waals surface area contributed by atoms with Gasteiger partial charge in [-0.3, -0.25) is 10.2 Å². The number of carbonyl (C=O) groups is 1. The van der Waals surface area contributed by atoms with Crippen molar-refractivity contribution in [1.82, 2.24) is 5.43 Å². The van der Waals surface area contributed by atoms with Gasteiger partial charge in [-0.15, -0.1) is 11.3 Å². The lowest BCUT2D eigenvalue weighted by Crippen LogP contribution is -2.29. The van der Waals surface area contributed by atoms with E-state index in [1.54, 1.807) is 0 Å². The number of thiophene rings is 1. The number of nitrogens with one attached hydrogen (secondary N) is 1. The number of benzene rings is 1. The van der Waals surface area contributed by atoms with E-state index >= 15 is 0 Å². The van der Waals surface area contributed by atoms with Gasteiger partial charge in [-0.05, 0) is 30.0 Å². The van der Waals surface area contributed by atoms with E-state index in [1.165, 1.54) is 16.9 Å². The Labute approximate surface area is 85.5 Å². The van der Waals surface area contributed by atoms with Gasteiger partial charge in [0.25, 0.3) is 5.91 Å². The Kier molecular flexibility index (Phi) is 2.23. The third-order valence-corrected chi connectivity index (χ3v) is 3.13. The van der Waals surface area contributed by atoms with Crippen molar-refractivity contribution in [2.45, 2.75) is 6.92 Å². The lowest BCUT2D eigenvalue weighted by molar-refractivity contribution is 0.0958. The van der Waals surface area contributed by atoms with Crippen LogP contribution in [-0.4, -0.2) is 5.91 Å². The van der Waals surface area contributed by atoms with E-state index in [2.05, 4.69) is 11.5 Å². The highest BCUT2D eigenvalue weighted by Gasteiger charge is 2.08. The molecule has 1 aromatic carbocycles. The van der Waals surface area contributed by atoms with Crippen molar-refractivity contribution < 1.29 is 4.79 Å². The van der Waals surface area contributed by atoms with Crippen LogP contribution in [0.4, 0.5) is 0 Å². The molecule has 0 unspecified atom stereocenters. The second kappa shape index (κ2) is 3.40. The molecule has 0 saturated carbocycles. The van der Waals surface area contributed by atoms with Crippen molar-refractivity contribution in [3.63, 3.8) is 0 Å². The molecule has 14 heavy (non-hydrogen) atoms. The van der Waals surface area contributed by atoms with E-state index in [0.29, 0.717) is 4.88 Å². The van der Waals surface area contributed by atoms with Gasteiger partial charge in [0, 0.05) is 4.70 Å². The summed E-state index contributed by atoms with van der Waals surface area (Å²) in [6.07, 6.45) is 0. The van der Waals surface area contributed by atoms with Crippen LogP contribution in [0.5, 0.6) is 0 Å². The first-order chi connectivity index (χ1) is 6.70. The van der Waals surface area contributed by atoms with E-state index < -0.39 is 0 Å². The predicted molar refractivity (Wildman–Crippen MR) is 58.2 cm³/mol. The molecule has 1 aromatic heterocycles. The minimum atomic E-state index is -0.233.